The molecule has 0 bridgehead atoms. The summed E-state index contributed by atoms with van der Waals surface area (Å²) in [6, 6.07) is 7.14. The molecule has 1 aliphatic rings. The van der Waals surface area contributed by atoms with E-state index in [-0.39, 0.29) is 24.2 Å². The summed E-state index contributed by atoms with van der Waals surface area (Å²) in [7, 11) is 0. The molecule has 21 heavy (non-hydrogen) atoms. The molecule has 1 saturated heterocycles. The van der Waals surface area contributed by atoms with E-state index in [1.54, 1.807) is 18.2 Å². The number of carbonyl (C=O) groups excluding carboxylic acids is 2. The van der Waals surface area contributed by atoms with Crippen molar-refractivity contribution in [2.24, 2.45) is 0 Å². The molecule has 7 heteroatoms. The number of piperidine rings is 1. The lowest BCUT2D eigenvalue weighted by molar-refractivity contribution is -0.135. The Hall–Kier alpha value is -1.43. The molecule has 1 aliphatic heterocycles. The van der Waals surface area contributed by atoms with Crippen LogP contribution < -0.4 is 5.32 Å². The first-order valence-electron chi connectivity index (χ1n) is 6.25. The number of aromatic nitrogens is 1. The highest BCUT2D eigenvalue weighted by Gasteiger charge is 2.40. The number of carbonyl (C=O) groups is 2. The maximum Gasteiger partial charge on any atom is 0.234 e. The molecule has 0 spiro atoms. The third-order valence-electron chi connectivity index (χ3n) is 3.41. The molecule has 0 aliphatic carbocycles. The first-order valence-corrected chi connectivity index (χ1v) is 7.83. The third-order valence-corrected chi connectivity index (χ3v) is 5.00. The summed E-state index contributed by atoms with van der Waals surface area (Å²) in [5, 5.41) is 3.54. The fourth-order valence-corrected chi connectivity index (χ4v) is 3.84. The molecule has 4 nitrogen and oxygen atoms in total. The molecule has 1 N–H and O–H groups in total. The first-order chi connectivity index (χ1) is 10.1. The van der Waals surface area contributed by atoms with Crippen molar-refractivity contribution in [3.63, 3.8) is 0 Å². The van der Waals surface area contributed by atoms with Gasteiger partial charge in [0, 0.05) is 17.4 Å². The summed E-state index contributed by atoms with van der Waals surface area (Å²) in [5.74, 6) is -1.54. The van der Waals surface area contributed by atoms with E-state index < -0.39 is 5.92 Å². The minimum absolute atomic E-state index is 0.186. The summed E-state index contributed by atoms with van der Waals surface area (Å²) >= 11 is 13.4. The van der Waals surface area contributed by atoms with Crippen molar-refractivity contribution in [1.29, 1.82) is 0 Å². The molecule has 2 heterocycles. The number of rotatable bonds is 2. The van der Waals surface area contributed by atoms with Crippen LogP contribution in [-0.2, 0) is 9.59 Å². The van der Waals surface area contributed by atoms with Crippen LogP contribution in [0.25, 0.3) is 0 Å². The van der Waals surface area contributed by atoms with Gasteiger partial charge in [-0.25, -0.2) is 4.98 Å². The highest BCUT2D eigenvalue weighted by Crippen LogP contribution is 2.42. The molecular formula is C14H10Cl2N2O2S. The van der Waals surface area contributed by atoms with Gasteiger partial charge in [-0.2, -0.15) is 0 Å². The van der Waals surface area contributed by atoms with Crippen LogP contribution in [-0.4, -0.2) is 16.8 Å². The lowest BCUT2D eigenvalue weighted by Gasteiger charge is -2.29. The van der Waals surface area contributed by atoms with Gasteiger partial charge in [-0.05, 0) is 11.6 Å². The summed E-state index contributed by atoms with van der Waals surface area (Å²) in [4.78, 5) is 28.2. The van der Waals surface area contributed by atoms with Gasteiger partial charge in [0.1, 0.15) is 4.34 Å². The number of nitrogens with zero attached hydrogens (tertiary/aromatic N) is 1. The Balaban J connectivity index is 2.07. The van der Waals surface area contributed by atoms with Crippen LogP contribution in [0.15, 0.2) is 30.5 Å². The van der Waals surface area contributed by atoms with Crippen molar-refractivity contribution in [3.05, 3.63) is 50.4 Å². The second kappa shape index (κ2) is 5.75. The molecule has 1 aromatic heterocycles. The van der Waals surface area contributed by atoms with Crippen LogP contribution in [0.3, 0.4) is 0 Å². The van der Waals surface area contributed by atoms with Gasteiger partial charge >= 0.3 is 0 Å². The van der Waals surface area contributed by atoms with Crippen molar-refractivity contribution >= 4 is 46.4 Å². The van der Waals surface area contributed by atoms with Gasteiger partial charge in [-0.1, -0.05) is 41.4 Å². The lowest BCUT2D eigenvalue weighted by atomic mass is 9.81. The molecule has 0 radical (unpaired) electrons. The van der Waals surface area contributed by atoms with Crippen molar-refractivity contribution in [2.75, 3.05) is 0 Å². The number of hydrogen-bond acceptors (Lipinski definition) is 4. The van der Waals surface area contributed by atoms with Gasteiger partial charge in [0.2, 0.25) is 11.8 Å². The largest absolute Gasteiger partial charge is 0.296 e. The average molecular weight is 341 g/mol. The van der Waals surface area contributed by atoms with E-state index in [0.717, 1.165) is 0 Å². The van der Waals surface area contributed by atoms with Gasteiger partial charge in [0.25, 0.3) is 0 Å². The van der Waals surface area contributed by atoms with Crippen molar-refractivity contribution < 1.29 is 9.59 Å². The molecule has 3 rings (SSSR count). The Bertz CT molecular complexity index is 717. The molecule has 1 fully saturated rings. The molecular weight excluding hydrogens is 331 g/mol. The predicted octanol–water partition coefficient (Wildman–Crippen LogP) is 3.36. The zero-order valence-corrected chi connectivity index (χ0v) is 13.0. The van der Waals surface area contributed by atoms with E-state index in [4.69, 9.17) is 23.2 Å². The van der Waals surface area contributed by atoms with Crippen molar-refractivity contribution in [2.45, 2.75) is 18.3 Å². The highest BCUT2D eigenvalue weighted by atomic mass is 35.5. The molecule has 2 atom stereocenters. The zero-order valence-electron chi connectivity index (χ0n) is 10.7. The number of hydrogen-bond donors (Lipinski definition) is 1. The predicted molar refractivity (Wildman–Crippen MR) is 81.8 cm³/mol. The fraction of sp³-hybridized carbons (Fsp3) is 0.214. The third kappa shape index (κ3) is 2.81. The van der Waals surface area contributed by atoms with Gasteiger partial charge in [-0.15, -0.1) is 11.3 Å². The number of imide groups is 1. The number of halogens is 2. The van der Waals surface area contributed by atoms with Crippen LogP contribution in [0.5, 0.6) is 0 Å². The first kappa shape index (κ1) is 14.5. The van der Waals surface area contributed by atoms with Gasteiger partial charge in [0.15, 0.2) is 0 Å². The van der Waals surface area contributed by atoms with Crippen LogP contribution in [0.4, 0.5) is 0 Å². The summed E-state index contributed by atoms with van der Waals surface area (Å²) in [6.45, 7) is 0. The smallest absolute Gasteiger partial charge is 0.234 e. The van der Waals surface area contributed by atoms with Gasteiger partial charge < -0.3 is 0 Å². The van der Waals surface area contributed by atoms with E-state index in [1.165, 1.54) is 17.5 Å². The normalized spacial score (nSPS) is 22.2. The number of benzene rings is 1. The van der Waals surface area contributed by atoms with Crippen molar-refractivity contribution in [1.82, 2.24) is 10.3 Å². The van der Waals surface area contributed by atoms with Crippen LogP contribution >= 0.6 is 34.5 Å². The van der Waals surface area contributed by atoms with E-state index in [2.05, 4.69) is 10.3 Å². The minimum atomic E-state index is -0.543. The lowest BCUT2D eigenvalue weighted by Crippen LogP contribution is -2.43. The second-order valence-electron chi connectivity index (χ2n) is 4.72. The number of thiazole rings is 1. The Morgan fingerprint density at radius 1 is 1.24 bits per heavy atom. The fourth-order valence-electron chi connectivity index (χ4n) is 2.52. The standard InChI is InChI=1S/C14H10Cl2N2O2S/c15-9-4-2-1-3-7(9)12-8(5-11(19)18-13(12)20)14-17-6-10(16)21-14/h1-4,6,8,12H,5H2,(H,18,19,20). The van der Waals surface area contributed by atoms with E-state index in [0.29, 0.717) is 19.9 Å². The number of nitrogens with one attached hydrogen (secondary N) is 1. The van der Waals surface area contributed by atoms with Crippen LogP contribution in [0, 0.1) is 0 Å². The quantitative estimate of drug-likeness (QED) is 0.852. The molecule has 108 valence electrons. The monoisotopic (exact) mass is 340 g/mol. The average Bonchev–Trinajstić information content (AvgIpc) is 2.86. The maximum absolute atomic E-state index is 12.3. The summed E-state index contributed by atoms with van der Waals surface area (Å²) in [6.07, 6.45) is 1.72. The molecule has 0 saturated carbocycles. The Morgan fingerprint density at radius 2 is 2.00 bits per heavy atom. The second-order valence-corrected chi connectivity index (χ2v) is 6.83. The SMILES string of the molecule is O=C1CC(c2ncc(Cl)s2)C(c2ccccc2Cl)C(=O)N1. The van der Waals surface area contributed by atoms with Crippen molar-refractivity contribution in [3.8, 4) is 0 Å². The molecule has 2 amide bonds. The van der Waals surface area contributed by atoms with E-state index in [1.807, 2.05) is 6.07 Å². The Kier molecular flexibility index (Phi) is 3.97. The molecule has 1 aromatic carbocycles. The summed E-state index contributed by atoms with van der Waals surface area (Å²) in [5.41, 5.74) is 0.695. The molecule has 2 unspecified atom stereocenters. The van der Waals surface area contributed by atoms with Gasteiger partial charge in [-0.3, -0.25) is 14.9 Å². The van der Waals surface area contributed by atoms with E-state index in [9.17, 15) is 9.59 Å². The zero-order chi connectivity index (χ0) is 15.0. The van der Waals surface area contributed by atoms with Crippen LogP contribution in [0.1, 0.15) is 28.8 Å². The highest BCUT2D eigenvalue weighted by molar-refractivity contribution is 7.15. The van der Waals surface area contributed by atoms with E-state index >= 15 is 0 Å². The molecule has 2 aromatic rings. The Labute approximate surface area is 135 Å². The summed E-state index contributed by atoms with van der Waals surface area (Å²) < 4.78 is 0.529. The topological polar surface area (TPSA) is 59.1 Å². The van der Waals surface area contributed by atoms with Crippen LogP contribution in [0.2, 0.25) is 9.36 Å². The van der Waals surface area contributed by atoms with Gasteiger partial charge in [0.05, 0.1) is 17.1 Å². The maximum atomic E-state index is 12.3. The number of amides is 2. The minimum Gasteiger partial charge on any atom is -0.296 e. The Morgan fingerprint density at radius 3 is 2.67 bits per heavy atom.